The van der Waals surface area contributed by atoms with Crippen molar-refractivity contribution in [3.63, 3.8) is 0 Å². The highest BCUT2D eigenvalue weighted by molar-refractivity contribution is 5.95. The second kappa shape index (κ2) is 6.95. The summed E-state index contributed by atoms with van der Waals surface area (Å²) in [7, 11) is 5.56. The van der Waals surface area contributed by atoms with Gasteiger partial charge in [0, 0.05) is 32.5 Å². The van der Waals surface area contributed by atoms with Crippen molar-refractivity contribution >= 4 is 17.7 Å². The number of allylic oxidation sites excluding steroid dienone is 1. The number of nitrogens with zero attached hydrogens (tertiary/aromatic N) is 2. The zero-order valence-corrected chi connectivity index (χ0v) is 15.1. The average Bonchev–Trinajstić information content (AvgIpc) is 2.51. The highest BCUT2D eigenvalue weighted by Gasteiger charge is 2.35. The van der Waals surface area contributed by atoms with Crippen LogP contribution in [-0.4, -0.2) is 44.1 Å². The first kappa shape index (κ1) is 17.8. The Labute approximate surface area is 143 Å². The summed E-state index contributed by atoms with van der Waals surface area (Å²) < 4.78 is 5.37. The Kier molecular flexibility index (Phi) is 5.17. The minimum absolute atomic E-state index is 0.225. The second-order valence-electron chi connectivity index (χ2n) is 6.38. The predicted octanol–water partition coefficient (Wildman–Crippen LogP) is 2.67. The minimum Gasteiger partial charge on any atom is -0.459 e. The molecule has 24 heavy (non-hydrogen) atoms. The largest absolute Gasteiger partial charge is 0.459 e. The quantitative estimate of drug-likeness (QED) is 0.862. The first-order valence-electron chi connectivity index (χ1n) is 7.95. The summed E-state index contributed by atoms with van der Waals surface area (Å²) in [5.41, 5.74) is 2.96. The van der Waals surface area contributed by atoms with Gasteiger partial charge in [-0.1, -0.05) is 12.1 Å². The molecule has 6 heteroatoms. The first-order valence-corrected chi connectivity index (χ1v) is 7.95. The Morgan fingerprint density at radius 1 is 1.25 bits per heavy atom. The fourth-order valence-electron chi connectivity index (χ4n) is 2.59. The maximum absolute atomic E-state index is 12.6. The van der Waals surface area contributed by atoms with E-state index >= 15 is 0 Å². The molecule has 1 aliphatic rings. The third-order valence-corrected chi connectivity index (χ3v) is 4.06. The number of carbonyl (C=O) groups excluding carboxylic acids is 2. The molecule has 1 aromatic carbocycles. The summed E-state index contributed by atoms with van der Waals surface area (Å²) >= 11 is 0. The standard InChI is InChI=1S/C18H25N3O3/c1-11(2)24-17(22)15-12(3)21(6)18(23)19-16(15)13-7-9-14(10-8-13)20(4)5/h7-11,16H,1-6H3,(H,19,23)/t16-/m1/s1. The molecule has 0 aliphatic carbocycles. The van der Waals surface area contributed by atoms with E-state index in [0.29, 0.717) is 11.3 Å². The first-order chi connectivity index (χ1) is 11.2. The number of hydrogen-bond acceptors (Lipinski definition) is 4. The predicted molar refractivity (Wildman–Crippen MR) is 93.7 cm³/mol. The zero-order valence-electron chi connectivity index (χ0n) is 15.1. The molecule has 130 valence electrons. The van der Waals surface area contributed by atoms with E-state index in [0.717, 1.165) is 11.3 Å². The van der Waals surface area contributed by atoms with Crippen LogP contribution in [0.25, 0.3) is 0 Å². The molecule has 6 nitrogen and oxygen atoms in total. The fraction of sp³-hybridized carbons (Fsp3) is 0.444. The molecule has 0 unspecified atom stereocenters. The smallest absolute Gasteiger partial charge is 0.338 e. The van der Waals surface area contributed by atoms with Gasteiger partial charge in [0.2, 0.25) is 0 Å². The van der Waals surface area contributed by atoms with Crippen LogP contribution in [0.1, 0.15) is 32.4 Å². The SMILES string of the molecule is CC1=C(C(=O)OC(C)C)[C@@H](c2ccc(N(C)C)cc2)NC(=O)N1C. The van der Waals surface area contributed by atoms with E-state index in [9.17, 15) is 9.59 Å². The Hall–Kier alpha value is -2.50. The Morgan fingerprint density at radius 3 is 2.33 bits per heavy atom. The summed E-state index contributed by atoms with van der Waals surface area (Å²) in [5.74, 6) is -0.406. The van der Waals surface area contributed by atoms with Crippen LogP contribution in [0.2, 0.25) is 0 Å². The molecule has 0 saturated heterocycles. The number of hydrogen-bond donors (Lipinski definition) is 1. The van der Waals surface area contributed by atoms with E-state index in [1.165, 1.54) is 4.90 Å². The average molecular weight is 331 g/mol. The lowest BCUT2D eigenvalue weighted by atomic mass is 9.95. The van der Waals surface area contributed by atoms with Gasteiger partial charge in [-0.3, -0.25) is 0 Å². The van der Waals surface area contributed by atoms with Gasteiger partial charge in [0.1, 0.15) is 0 Å². The summed E-state index contributed by atoms with van der Waals surface area (Å²) in [5, 5.41) is 2.88. The highest BCUT2D eigenvalue weighted by atomic mass is 16.5. The van der Waals surface area contributed by atoms with Crippen LogP contribution in [0, 0.1) is 0 Å². The van der Waals surface area contributed by atoms with Crippen LogP contribution >= 0.6 is 0 Å². The van der Waals surface area contributed by atoms with Gasteiger partial charge in [-0.2, -0.15) is 0 Å². The van der Waals surface area contributed by atoms with Crippen LogP contribution in [-0.2, 0) is 9.53 Å². The molecular weight excluding hydrogens is 306 g/mol. The van der Waals surface area contributed by atoms with E-state index in [1.807, 2.05) is 43.3 Å². The topological polar surface area (TPSA) is 61.9 Å². The van der Waals surface area contributed by atoms with Gasteiger partial charge in [-0.15, -0.1) is 0 Å². The third kappa shape index (κ3) is 3.53. The number of ether oxygens (including phenoxy) is 1. The molecule has 2 amide bonds. The summed E-state index contributed by atoms with van der Waals surface area (Å²) in [6.07, 6.45) is -0.225. The number of anilines is 1. The van der Waals surface area contributed by atoms with Gasteiger partial charge in [-0.05, 0) is 38.5 Å². The van der Waals surface area contributed by atoms with Crippen molar-refractivity contribution < 1.29 is 14.3 Å². The summed E-state index contributed by atoms with van der Waals surface area (Å²) in [6.45, 7) is 5.37. The van der Waals surface area contributed by atoms with E-state index < -0.39 is 12.0 Å². The van der Waals surface area contributed by atoms with Crippen molar-refractivity contribution in [3.05, 3.63) is 41.1 Å². The number of benzene rings is 1. The molecule has 0 radical (unpaired) electrons. The molecule has 0 bridgehead atoms. The van der Waals surface area contributed by atoms with Crippen molar-refractivity contribution in [1.82, 2.24) is 10.2 Å². The summed E-state index contributed by atoms with van der Waals surface area (Å²) in [4.78, 5) is 28.2. The third-order valence-electron chi connectivity index (χ3n) is 4.06. The van der Waals surface area contributed by atoms with Gasteiger partial charge in [-0.25, -0.2) is 9.59 Å². The Balaban J connectivity index is 2.44. The molecule has 0 fully saturated rings. The van der Waals surface area contributed by atoms with Crippen molar-refractivity contribution in [2.75, 3.05) is 26.0 Å². The van der Waals surface area contributed by atoms with Crippen molar-refractivity contribution in [2.24, 2.45) is 0 Å². The molecule has 0 spiro atoms. The zero-order chi connectivity index (χ0) is 18.0. The van der Waals surface area contributed by atoms with Gasteiger partial charge in [0.15, 0.2) is 0 Å². The number of carbonyl (C=O) groups is 2. The van der Waals surface area contributed by atoms with E-state index in [4.69, 9.17) is 4.74 Å². The number of amides is 2. The van der Waals surface area contributed by atoms with Crippen molar-refractivity contribution in [1.29, 1.82) is 0 Å². The van der Waals surface area contributed by atoms with E-state index in [2.05, 4.69) is 5.32 Å². The van der Waals surface area contributed by atoms with E-state index in [-0.39, 0.29) is 12.1 Å². The lowest BCUT2D eigenvalue weighted by Gasteiger charge is -2.33. The Bertz CT molecular complexity index is 663. The molecule has 1 N–H and O–H groups in total. The number of nitrogens with one attached hydrogen (secondary N) is 1. The number of rotatable bonds is 4. The molecule has 1 aliphatic heterocycles. The van der Waals surface area contributed by atoms with Crippen LogP contribution in [0.4, 0.5) is 10.5 Å². The molecular formula is C18H25N3O3. The van der Waals surface area contributed by atoms with Crippen LogP contribution in [0.15, 0.2) is 35.5 Å². The van der Waals surface area contributed by atoms with Crippen LogP contribution in [0.5, 0.6) is 0 Å². The monoisotopic (exact) mass is 331 g/mol. The van der Waals surface area contributed by atoms with Crippen molar-refractivity contribution in [2.45, 2.75) is 32.9 Å². The van der Waals surface area contributed by atoms with Crippen molar-refractivity contribution in [3.8, 4) is 0 Å². The molecule has 1 atom stereocenters. The molecule has 1 heterocycles. The highest BCUT2D eigenvalue weighted by Crippen LogP contribution is 2.31. The molecule has 0 saturated carbocycles. The van der Waals surface area contributed by atoms with Gasteiger partial charge >= 0.3 is 12.0 Å². The minimum atomic E-state index is -0.517. The van der Waals surface area contributed by atoms with Crippen LogP contribution in [0.3, 0.4) is 0 Å². The summed E-state index contributed by atoms with van der Waals surface area (Å²) in [6, 6.07) is 7.00. The lowest BCUT2D eigenvalue weighted by molar-refractivity contribution is -0.143. The maximum Gasteiger partial charge on any atom is 0.338 e. The second-order valence-corrected chi connectivity index (χ2v) is 6.38. The van der Waals surface area contributed by atoms with Gasteiger partial charge in [0.25, 0.3) is 0 Å². The van der Waals surface area contributed by atoms with Crippen LogP contribution < -0.4 is 10.2 Å². The number of urea groups is 1. The Morgan fingerprint density at radius 2 is 1.83 bits per heavy atom. The van der Waals surface area contributed by atoms with Gasteiger partial charge in [0.05, 0.1) is 17.7 Å². The normalized spacial score (nSPS) is 17.9. The van der Waals surface area contributed by atoms with E-state index in [1.54, 1.807) is 27.8 Å². The number of esters is 1. The molecule has 0 aromatic heterocycles. The molecule has 1 aromatic rings. The molecule has 2 rings (SSSR count). The lowest BCUT2D eigenvalue weighted by Crippen LogP contribution is -2.46. The van der Waals surface area contributed by atoms with Gasteiger partial charge < -0.3 is 19.9 Å². The maximum atomic E-state index is 12.6. The fourth-order valence-corrected chi connectivity index (χ4v) is 2.59.